The van der Waals surface area contributed by atoms with E-state index < -0.39 is 0 Å². The van der Waals surface area contributed by atoms with Crippen LogP contribution in [-0.2, 0) is 11.3 Å². The summed E-state index contributed by atoms with van der Waals surface area (Å²) in [4.78, 5) is 17.3. The van der Waals surface area contributed by atoms with Gasteiger partial charge in [0.05, 0.1) is 11.8 Å². The molecule has 0 saturated carbocycles. The van der Waals surface area contributed by atoms with Crippen LogP contribution in [0.3, 0.4) is 0 Å². The van der Waals surface area contributed by atoms with Gasteiger partial charge in [-0.3, -0.25) is 14.3 Å². The number of rotatable bonds is 7. The van der Waals surface area contributed by atoms with E-state index in [1.807, 2.05) is 84.3 Å². The number of nitrogens with zero attached hydrogens (tertiary/aromatic N) is 4. The van der Waals surface area contributed by atoms with Crippen molar-refractivity contribution >= 4 is 34.1 Å². The van der Waals surface area contributed by atoms with Gasteiger partial charge in [-0.05, 0) is 36.1 Å². The Hall–Kier alpha value is -3.97. The number of pyridine rings is 1. The maximum absolute atomic E-state index is 13.1. The fourth-order valence-corrected chi connectivity index (χ4v) is 4.62. The molecule has 1 atom stereocenters. The number of fused-ring (bicyclic) bond motifs is 1. The van der Waals surface area contributed by atoms with Gasteiger partial charge in [0.15, 0.2) is 11.0 Å². The zero-order valence-electron chi connectivity index (χ0n) is 18.6. The fraction of sp³-hybridized carbons (Fsp3) is 0.111. The Kier molecular flexibility index (Phi) is 6.35. The van der Waals surface area contributed by atoms with Crippen LogP contribution < -0.4 is 5.32 Å². The second-order valence-corrected chi connectivity index (χ2v) is 9.20. The molecule has 1 unspecified atom stereocenters. The number of thioether (sulfide) groups is 1. The molecule has 1 N–H and O–H groups in total. The van der Waals surface area contributed by atoms with Crippen LogP contribution in [0, 0.1) is 0 Å². The summed E-state index contributed by atoms with van der Waals surface area (Å²) < 4.78 is 2.04. The zero-order chi connectivity index (χ0) is 23.3. The molecule has 5 aromatic rings. The summed E-state index contributed by atoms with van der Waals surface area (Å²) in [7, 11) is 0. The molecule has 34 heavy (non-hydrogen) atoms. The number of carbonyl (C=O) groups is 1. The molecule has 5 rings (SSSR count). The number of hydrogen-bond acceptors (Lipinski definition) is 5. The Balaban J connectivity index is 1.41. The van der Waals surface area contributed by atoms with Crippen LogP contribution in [0.1, 0.15) is 12.5 Å². The minimum Gasteiger partial charge on any atom is -0.325 e. The third kappa shape index (κ3) is 4.70. The number of benzene rings is 3. The molecule has 0 aliphatic carbocycles. The Bertz CT molecular complexity index is 1410. The molecule has 168 valence electrons. The summed E-state index contributed by atoms with van der Waals surface area (Å²) in [5, 5.41) is 14.4. The van der Waals surface area contributed by atoms with Gasteiger partial charge in [0.2, 0.25) is 5.91 Å². The molecule has 0 spiro atoms. The van der Waals surface area contributed by atoms with E-state index in [9.17, 15) is 4.79 Å². The van der Waals surface area contributed by atoms with Crippen LogP contribution in [0.25, 0.3) is 22.2 Å². The summed E-state index contributed by atoms with van der Waals surface area (Å²) in [5.74, 6) is 0.639. The lowest BCUT2D eigenvalue weighted by Gasteiger charge is -2.15. The molecule has 0 fully saturated rings. The Labute approximate surface area is 202 Å². The van der Waals surface area contributed by atoms with Crippen LogP contribution >= 0.6 is 11.8 Å². The summed E-state index contributed by atoms with van der Waals surface area (Å²) in [5.41, 5.74) is 2.81. The first-order valence-corrected chi connectivity index (χ1v) is 11.9. The van der Waals surface area contributed by atoms with Crippen LogP contribution in [0.2, 0.25) is 0 Å². The molecule has 0 bridgehead atoms. The predicted octanol–water partition coefficient (Wildman–Crippen LogP) is 5.66. The normalized spacial score (nSPS) is 11.9. The lowest BCUT2D eigenvalue weighted by atomic mass is 10.1. The topological polar surface area (TPSA) is 72.7 Å². The monoisotopic (exact) mass is 465 g/mol. The van der Waals surface area contributed by atoms with Crippen LogP contribution in [0.4, 0.5) is 5.69 Å². The molecule has 3 aromatic carbocycles. The van der Waals surface area contributed by atoms with E-state index in [1.165, 1.54) is 11.8 Å². The quantitative estimate of drug-likeness (QED) is 0.314. The standard InChI is InChI=1S/C27H23N5OS/c1-19(26(33)29-24-15-7-12-21-11-5-6-14-23(21)24)34-27-31-30-25(22-13-8-16-28-17-22)32(27)18-20-9-3-2-4-10-20/h2-17,19H,18H2,1H3,(H,29,33). The maximum Gasteiger partial charge on any atom is 0.237 e. The molecule has 7 heteroatoms. The van der Waals surface area contributed by atoms with Gasteiger partial charge in [-0.1, -0.05) is 78.5 Å². The van der Waals surface area contributed by atoms with Crippen molar-refractivity contribution in [3.8, 4) is 11.4 Å². The molecule has 1 amide bonds. The average molecular weight is 466 g/mol. The SMILES string of the molecule is CC(Sc1nnc(-c2cccnc2)n1Cc1ccccc1)C(=O)Nc1cccc2ccccc12. The lowest BCUT2D eigenvalue weighted by molar-refractivity contribution is -0.115. The van der Waals surface area contributed by atoms with Crippen molar-refractivity contribution in [2.45, 2.75) is 23.9 Å². The Morgan fingerprint density at radius 2 is 1.74 bits per heavy atom. The van der Waals surface area contributed by atoms with Gasteiger partial charge >= 0.3 is 0 Å². The number of aromatic nitrogens is 4. The van der Waals surface area contributed by atoms with Gasteiger partial charge in [0.25, 0.3) is 0 Å². The first-order chi connectivity index (χ1) is 16.7. The first-order valence-electron chi connectivity index (χ1n) is 11.0. The highest BCUT2D eigenvalue weighted by molar-refractivity contribution is 8.00. The maximum atomic E-state index is 13.1. The third-order valence-electron chi connectivity index (χ3n) is 5.52. The first kappa shape index (κ1) is 21.9. The molecule has 6 nitrogen and oxygen atoms in total. The highest BCUT2D eigenvalue weighted by atomic mass is 32.2. The van der Waals surface area contributed by atoms with Crippen molar-refractivity contribution in [3.05, 3.63) is 103 Å². The van der Waals surface area contributed by atoms with Crippen molar-refractivity contribution < 1.29 is 4.79 Å². The fourth-order valence-electron chi connectivity index (χ4n) is 3.77. The minimum atomic E-state index is -0.376. The van der Waals surface area contributed by atoms with Crippen molar-refractivity contribution in [1.29, 1.82) is 0 Å². The van der Waals surface area contributed by atoms with E-state index in [0.29, 0.717) is 11.7 Å². The second-order valence-electron chi connectivity index (χ2n) is 7.90. The smallest absolute Gasteiger partial charge is 0.237 e. The average Bonchev–Trinajstić information content (AvgIpc) is 3.27. The second kappa shape index (κ2) is 9.89. The minimum absolute atomic E-state index is 0.0847. The lowest BCUT2D eigenvalue weighted by Crippen LogP contribution is -2.23. The van der Waals surface area contributed by atoms with Gasteiger partial charge in [0.1, 0.15) is 0 Å². The van der Waals surface area contributed by atoms with Gasteiger partial charge in [-0.25, -0.2) is 0 Å². The van der Waals surface area contributed by atoms with Crippen LogP contribution in [-0.4, -0.2) is 30.9 Å². The zero-order valence-corrected chi connectivity index (χ0v) is 19.4. The summed E-state index contributed by atoms with van der Waals surface area (Å²) >= 11 is 1.39. The van der Waals surface area contributed by atoms with Gasteiger partial charge < -0.3 is 5.32 Å². The van der Waals surface area contributed by atoms with Gasteiger partial charge in [-0.15, -0.1) is 10.2 Å². The number of hydrogen-bond donors (Lipinski definition) is 1. The van der Waals surface area contributed by atoms with E-state index in [1.54, 1.807) is 12.4 Å². The van der Waals surface area contributed by atoms with E-state index in [-0.39, 0.29) is 11.2 Å². The van der Waals surface area contributed by atoms with Gasteiger partial charge in [0, 0.05) is 29.0 Å². The van der Waals surface area contributed by atoms with Crippen molar-refractivity contribution in [3.63, 3.8) is 0 Å². The van der Waals surface area contributed by atoms with Crippen molar-refractivity contribution in [2.24, 2.45) is 0 Å². The third-order valence-corrected chi connectivity index (χ3v) is 6.60. The predicted molar refractivity (Wildman–Crippen MR) is 137 cm³/mol. The molecule has 0 aliphatic rings. The molecule has 0 aliphatic heterocycles. The van der Waals surface area contributed by atoms with Crippen molar-refractivity contribution in [2.75, 3.05) is 5.32 Å². The molecule has 2 aromatic heterocycles. The van der Waals surface area contributed by atoms with Crippen molar-refractivity contribution in [1.82, 2.24) is 19.7 Å². The molecule has 0 radical (unpaired) electrons. The molecule has 0 saturated heterocycles. The summed E-state index contributed by atoms with van der Waals surface area (Å²) in [6.07, 6.45) is 3.51. The van der Waals surface area contributed by atoms with E-state index in [4.69, 9.17) is 0 Å². The molecule has 2 heterocycles. The van der Waals surface area contributed by atoms with E-state index in [0.717, 1.165) is 33.4 Å². The highest BCUT2D eigenvalue weighted by Gasteiger charge is 2.21. The van der Waals surface area contributed by atoms with Crippen LogP contribution in [0.15, 0.2) is 102 Å². The highest BCUT2D eigenvalue weighted by Crippen LogP contribution is 2.29. The Morgan fingerprint density at radius 3 is 2.56 bits per heavy atom. The number of nitrogens with one attached hydrogen (secondary N) is 1. The summed E-state index contributed by atoms with van der Waals surface area (Å²) in [6.45, 7) is 2.48. The molecular weight excluding hydrogens is 442 g/mol. The van der Waals surface area contributed by atoms with E-state index in [2.05, 4.69) is 32.6 Å². The summed E-state index contributed by atoms with van der Waals surface area (Å²) in [6, 6.07) is 27.9. The van der Waals surface area contributed by atoms with Crippen LogP contribution in [0.5, 0.6) is 0 Å². The molecular formula is C27H23N5OS. The number of anilines is 1. The number of amides is 1. The largest absolute Gasteiger partial charge is 0.325 e. The van der Waals surface area contributed by atoms with E-state index >= 15 is 0 Å². The number of carbonyl (C=O) groups excluding carboxylic acids is 1. The van der Waals surface area contributed by atoms with Gasteiger partial charge in [-0.2, -0.15) is 0 Å². The Morgan fingerprint density at radius 1 is 0.941 bits per heavy atom.